The van der Waals surface area contributed by atoms with Crippen molar-refractivity contribution in [3.63, 3.8) is 0 Å². The number of aromatic nitrogens is 4. The number of fused-ring (bicyclic) bond motifs is 2. The zero-order valence-electron chi connectivity index (χ0n) is 21.6. The minimum absolute atomic E-state index is 0. The van der Waals surface area contributed by atoms with Crippen LogP contribution in [0.15, 0.2) is 83.9 Å². The molecule has 4 nitrogen and oxygen atoms in total. The van der Waals surface area contributed by atoms with Gasteiger partial charge in [-0.2, -0.15) is 0 Å². The first-order chi connectivity index (χ1) is 17.2. The Hall–Kier alpha value is -1.96. The van der Waals surface area contributed by atoms with Gasteiger partial charge in [-0.3, -0.25) is 0 Å². The molecule has 0 aliphatic rings. The summed E-state index contributed by atoms with van der Waals surface area (Å²) in [5.41, 5.74) is 7.80. The van der Waals surface area contributed by atoms with Crippen LogP contribution in [0.3, 0.4) is 0 Å². The first-order valence-corrected chi connectivity index (χ1v) is 13.7. The molecule has 2 aromatic heterocycles. The maximum Gasteiger partial charge on any atom is 0.245 e. The fourth-order valence-electron chi connectivity index (χ4n) is 4.99. The van der Waals surface area contributed by atoms with Gasteiger partial charge in [0.15, 0.2) is 22.1 Å². The first-order valence-electron chi connectivity index (χ1n) is 12.9. The summed E-state index contributed by atoms with van der Waals surface area (Å²) in [6.45, 7) is 8.31. The van der Waals surface area contributed by atoms with Crippen molar-refractivity contribution in [1.29, 1.82) is 0 Å². The predicted molar refractivity (Wildman–Crippen MR) is 146 cm³/mol. The first kappa shape index (κ1) is 29.6. The third-order valence-electron chi connectivity index (χ3n) is 6.90. The molecule has 0 bridgehead atoms. The smallest absolute Gasteiger partial charge is 0.245 e. The molecular weight excluding hydrogens is 656 g/mol. The lowest BCUT2D eigenvalue weighted by atomic mass is 10.1. The van der Waals surface area contributed by atoms with Gasteiger partial charge in [-0.1, -0.05) is 69.2 Å². The van der Waals surface area contributed by atoms with Crippen molar-refractivity contribution in [2.24, 2.45) is 0 Å². The van der Waals surface area contributed by atoms with E-state index in [4.69, 9.17) is 0 Å². The number of hydrogen-bond donors (Lipinski definition) is 0. The highest BCUT2D eigenvalue weighted by atomic mass is 79.9. The zero-order chi connectivity index (χ0) is 24.2. The van der Waals surface area contributed by atoms with E-state index < -0.39 is 0 Å². The lowest BCUT2D eigenvalue weighted by Gasteiger charge is -2.08. The van der Waals surface area contributed by atoms with Gasteiger partial charge in [0, 0.05) is 15.6 Å². The molecule has 0 atom stereocenters. The van der Waals surface area contributed by atoms with Crippen molar-refractivity contribution in [2.75, 3.05) is 0 Å². The van der Waals surface area contributed by atoms with Crippen molar-refractivity contribution < 1.29 is 43.1 Å². The van der Waals surface area contributed by atoms with Crippen LogP contribution >= 0.6 is 15.9 Å². The molecule has 196 valence electrons. The lowest BCUT2D eigenvalue weighted by Crippen LogP contribution is -3.00. The lowest BCUT2D eigenvalue weighted by molar-refractivity contribution is -0.664. The van der Waals surface area contributed by atoms with E-state index in [0.717, 1.165) is 26.2 Å². The highest BCUT2D eigenvalue weighted by Gasteiger charge is 2.19. The molecule has 5 rings (SSSR count). The van der Waals surface area contributed by atoms with Gasteiger partial charge in [0.1, 0.15) is 13.1 Å². The second kappa shape index (κ2) is 13.7. The monoisotopic (exact) mass is 688 g/mol. The fraction of sp³-hybridized carbons (Fsp3) is 0.333. The Kier molecular flexibility index (Phi) is 11.0. The van der Waals surface area contributed by atoms with Gasteiger partial charge < -0.3 is 34.0 Å². The van der Waals surface area contributed by atoms with Crippen LogP contribution in [-0.2, 0) is 26.2 Å². The zero-order valence-corrected chi connectivity index (χ0v) is 26.3. The van der Waals surface area contributed by atoms with Gasteiger partial charge in [-0.15, -0.1) is 0 Å². The number of unbranched alkanes of at least 4 members (excludes halogenated alkanes) is 2. The van der Waals surface area contributed by atoms with E-state index in [0.29, 0.717) is 0 Å². The van der Waals surface area contributed by atoms with E-state index in [-0.39, 0.29) is 34.0 Å². The Morgan fingerprint density at radius 3 is 1.49 bits per heavy atom. The SMILES string of the molecule is CCCCn1c[n+](Cc2cccc(C[n+]3cn(CCCC)c4ccccc43)c2Br)c2ccccc21.[Br-].[Br-]. The van der Waals surface area contributed by atoms with Crippen LogP contribution in [0.2, 0.25) is 0 Å². The maximum absolute atomic E-state index is 3.98. The molecule has 0 amide bonds. The minimum Gasteiger partial charge on any atom is -1.00 e. The van der Waals surface area contributed by atoms with Crippen molar-refractivity contribution in [1.82, 2.24) is 9.13 Å². The van der Waals surface area contributed by atoms with Crippen molar-refractivity contribution in [3.8, 4) is 0 Å². The topological polar surface area (TPSA) is 17.6 Å². The Labute approximate surface area is 249 Å². The van der Waals surface area contributed by atoms with E-state index in [2.05, 4.69) is 127 Å². The second-order valence-corrected chi connectivity index (χ2v) is 10.2. The molecule has 0 fully saturated rings. The molecule has 0 saturated carbocycles. The van der Waals surface area contributed by atoms with Gasteiger partial charge in [0.2, 0.25) is 12.7 Å². The highest BCUT2D eigenvalue weighted by molar-refractivity contribution is 9.10. The van der Waals surface area contributed by atoms with Gasteiger partial charge in [0.05, 0.1) is 13.1 Å². The molecule has 7 heteroatoms. The van der Waals surface area contributed by atoms with Crippen LogP contribution in [0.4, 0.5) is 0 Å². The summed E-state index contributed by atoms with van der Waals surface area (Å²) in [7, 11) is 0. The van der Waals surface area contributed by atoms with E-state index in [1.165, 1.54) is 63.3 Å². The number of imidazole rings is 2. The molecular formula is C30H35Br3N4. The summed E-state index contributed by atoms with van der Waals surface area (Å²) >= 11 is 3.98. The van der Waals surface area contributed by atoms with E-state index in [1.807, 2.05) is 0 Å². The fourth-order valence-corrected chi connectivity index (χ4v) is 5.51. The van der Waals surface area contributed by atoms with Crippen LogP contribution in [0, 0.1) is 0 Å². The quantitative estimate of drug-likeness (QED) is 0.192. The number of hydrogen-bond acceptors (Lipinski definition) is 0. The Morgan fingerprint density at radius 2 is 1.05 bits per heavy atom. The van der Waals surface area contributed by atoms with Gasteiger partial charge in [0.25, 0.3) is 0 Å². The number of benzene rings is 3. The molecule has 37 heavy (non-hydrogen) atoms. The second-order valence-electron chi connectivity index (χ2n) is 9.45. The number of aryl methyl sites for hydroxylation is 2. The van der Waals surface area contributed by atoms with Crippen molar-refractivity contribution in [3.05, 3.63) is 95.0 Å². The summed E-state index contributed by atoms with van der Waals surface area (Å²) in [5, 5.41) is 0. The van der Waals surface area contributed by atoms with E-state index in [1.54, 1.807) is 0 Å². The number of rotatable bonds is 10. The van der Waals surface area contributed by atoms with Crippen molar-refractivity contribution >= 4 is 38.0 Å². The largest absolute Gasteiger partial charge is 1.00 e. The Balaban J connectivity index is 0.00000190. The normalized spacial score (nSPS) is 11.0. The molecule has 0 unspecified atom stereocenters. The van der Waals surface area contributed by atoms with Crippen LogP contribution in [0.1, 0.15) is 50.7 Å². The molecule has 2 heterocycles. The average Bonchev–Trinajstić information content (AvgIpc) is 3.42. The molecule has 0 aliphatic carbocycles. The number of para-hydroxylation sites is 4. The van der Waals surface area contributed by atoms with Crippen molar-refractivity contribution in [2.45, 2.75) is 65.7 Å². The highest BCUT2D eigenvalue weighted by Crippen LogP contribution is 2.23. The van der Waals surface area contributed by atoms with Crippen LogP contribution in [-0.4, -0.2) is 9.13 Å². The van der Waals surface area contributed by atoms with Crippen LogP contribution in [0.25, 0.3) is 22.1 Å². The minimum atomic E-state index is 0. The molecule has 0 radical (unpaired) electrons. The van der Waals surface area contributed by atoms with E-state index in [9.17, 15) is 0 Å². The van der Waals surface area contributed by atoms with Gasteiger partial charge >= 0.3 is 0 Å². The summed E-state index contributed by atoms with van der Waals surface area (Å²) < 4.78 is 10.8. The third kappa shape index (κ3) is 6.37. The van der Waals surface area contributed by atoms with Crippen LogP contribution < -0.4 is 43.1 Å². The molecule has 5 aromatic rings. The molecule has 0 spiro atoms. The van der Waals surface area contributed by atoms with Gasteiger partial charge in [-0.05, 0) is 53.0 Å². The Morgan fingerprint density at radius 1 is 0.622 bits per heavy atom. The van der Waals surface area contributed by atoms with Gasteiger partial charge in [-0.25, -0.2) is 18.3 Å². The third-order valence-corrected chi connectivity index (χ3v) is 7.92. The number of nitrogens with zero attached hydrogens (tertiary/aromatic N) is 4. The average molecular weight is 691 g/mol. The molecule has 0 aliphatic heterocycles. The summed E-state index contributed by atoms with van der Waals surface area (Å²) in [6.07, 6.45) is 9.37. The Bertz CT molecular complexity index is 1350. The standard InChI is InChI=1S/C30H35BrN4.2BrH/c1-3-5-18-32-22-34(28-16-9-7-14-26(28)32)20-24-12-11-13-25(30(24)31)21-35-23-33(19-6-4-2)27-15-8-10-17-29(27)35;;/h7-17,22-23H,3-6,18-21H2,1-2H3;2*1H/q+2;;/p-2. The predicted octanol–water partition coefficient (Wildman–Crippen LogP) is 0.638. The maximum atomic E-state index is 3.98. The summed E-state index contributed by atoms with van der Waals surface area (Å²) in [6, 6.07) is 24.2. The number of halogens is 3. The van der Waals surface area contributed by atoms with E-state index >= 15 is 0 Å². The molecule has 0 N–H and O–H groups in total. The molecule has 0 saturated heterocycles. The van der Waals surface area contributed by atoms with Crippen LogP contribution in [0.5, 0.6) is 0 Å². The summed E-state index contributed by atoms with van der Waals surface area (Å²) in [4.78, 5) is 0. The molecule has 3 aromatic carbocycles. The summed E-state index contributed by atoms with van der Waals surface area (Å²) in [5.74, 6) is 0.